The Morgan fingerprint density at radius 3 is 1.94 bits per heavy atom. The molecular formula is C39H78O4Si4. The molecule has 0 aromatic carbocycles. The quantitative estimate of drug-likeness (QED) is 0.132. The molecular weight excluding hydrogens is 645 g/mol. The van der Waals surface area contributed by atoms with Crippen molar-refractivity contribution in [3.8, 4) is 0 Å². The molecule has 0 aromatic rings. The molecule has 0 spiro atoms. The lowest BCUT2D eigenvalue weighted by atomic mass is 9.45. The minimum atomic E-state index is -1.77. The van der Waals surface area contributed by atoms with E-state index in [1.165, 1.54) is 51.4 Å². The summed E-state index contributed by atoms with van der Waals surface area (Å²) >= 11 is 0. The summed E-state index contributed by atoms with van der Waals surface area (Å²) in [7, 11) is -6.58. The molecule has 0 amide bonds. The van der Waals surface area contributed by atoms with Gasteiger partial charge in [0, 0.05) is 12.7 Å². The van der Waals surface area contributed by atoms with Gasteiger partial charge in [-0.15, -0.1) is 0 Å². The van der Waals surface area contributed by atoms with Crippen molar-refractivity contribution in [3.63, 3.8) is 0 Å². The molecule has 0 aliphatic heterocycles. The first-order chi connectivity index (χ1) is 21.3. The summed E-state index contributed by atoms with van der Waals surface area (Å²) in [6.07, 6.45) is 15.0. The van der Waals surface area contributed by atoms with Gasteiger partial charge >= 0.3 is 0 Å². The Kier molecular flexibility index (Phi) is 12.4. The Morgan fingerprint density at radius 2 is 1.36 bits per heavy atom. The Morgan fingerprint density at radius 1 is 0.745 bits per heavy atom. The summed E-state index contributed by atoms with van der Waals surface area (Å²) in [5.41, 5.74) is 2.08. The molecule has 4 rings (SSSR count). The van der Waals surface area contributed by atoms with Crippen LogP contribution in [0.5, 0.6) is 0 Å². The van der Waals surface area contributed by atoms with Crippen molar-refractivity contribution >= 4 is 33.3 Å². The molecule has 0 radical (unpaired) electrons. The normalized spacial score (nSPS) is 37.9. The molecule has 0 aromatic heterocycles. The van der Waals surface area contributed by atoms with Crippen molar-refractivity contribution in [1.82, 2.24) is 0 Å². The number of rotatable bonds is 14. The van der Waals surface area contributed by atoms with Crippen molar-refractivity contribution < 1.29 is 17.7 Å². The smallest absolute Gasteiger partial charge is 0.184 e. The highest BCUT2D eigenvalue weighted by molar-refractivity contribution is 6.70. The minimum Gasteiger partial charge on any atom is -0.417 e. The van der Waals surface area contributed by atoms with Gasteiger partial charge in [0.15, 0.2) is 33.3 Å². The monoisotopic (exact) mass is 722 g/mol. The van der Waals surface area contributed by atoms with E-state index in [2.05, 4.69) is 112 Å². The molecule has 4 aliphatic carbocycles. The van der Waals surface area contributed by atoms with Crippen LogP contribution in [0.25, 0.3) is 0 Å². The van der Waals surface area contributed by atoms with E-state index in [4.69, 9.17) is 17.7 Å². The molecule has 8 heteroatoms. The third kappa shape index (κ3) is 9.86. The van der Waals surface area contributed by atoms with E-state index < -0.39 is 33.3 Å². The highest BCUT2D eigenvalue weighted by Gasteiger charge is 2.65. The fourth-order valence-corrected chi connectivity index (χ4v) is 14.9. The average molecular weight is 723 g/mol. The van der Waals surface area contributed by atoms with E-state index in [-0.39, 0.29) is 16.9 Å². The van der Waals surface area contributed by atoms with Gasteiger partial charge in [-0.1, -0.05) is 52.2 Å². The zero-order valence-corrected chi connectivity index (χ0v) is 38.0. The van der Waals surface area contributed by atoms with Crippen LogP contribution in [0, 0.1) is 46.3 Å². The van der Waals surface area contributed by atoms with Crippen LogP contribution in [0.2, 0.25) is 78.6 Å². The molecule has 47 heavy (non-hydrogen) atoms. The van der Waals surface area contributed by atoms with Crippen molar-refractivity contribution in [2.75, 3.05) is 6.61 Å². The van der Waals surface area contributed by atoms with Crippen LogP contribution in [0.15, 0.2) is 11.6 Å². The lowest BCUT2D eigenvalue weighted by Gasteiger charge is -2.63. The van der Waals surface area contributed by atoms with E-state index in [9.17, 15) is 0 Å². The van der Waals surface area contributed by atoms with Crippen molar-refractivity contribution in [1.29, 1.82) is 0 Å². The molecule has 4 nitrogen and oxygen atoms in total. The number of hydrogen-bond donors (Lipinski definition) is 0. The van der Waals surface area contributed by atoms with Crippen LogP contribution in [-0.2, 0) is 17.7 Å². The first kappa shape index (κ1) is 40.2. The highest BCUT2D eigenvalue weighted by Crippen LogP contribution is 2.68. The summed E-state index contributed by atoms with van der Waals surface area (Å²) in [6.45, 7) is 39.7. The molecule has 3 saturated carbocycles. The second kappa shape index (κ2) is 14.5. The second-order valence-corrected chi connectivity index (χ2v) is 39.0. The van der Waals surface area contributed by atoms with Crippen LogP contribution in [0.1, 0.15) is 85.5 Å². The maximum absolute atomic E-state index is 7.43. The zero-order valence-electron chi connectivity index (χ0n) is 34.0. The van der Waals surface area contributed by atoms with Gasteiger partial charge in [0.1, 0.15) is 0 Å². The fraction of sp³-hybridized carbons (Fsp3) is 0.949. The van der Waals surface area contributed by atoms with Gasteiger partial charge in [-0.25, -0.2) is 0 Å². The van der Waals surface area contributed by atoms with Crippen LogP contribution in [0.4, 0.5) is 0 Å². The molecule has 3 fully saturated rings. The molecule has 4 aliphatic rings. The third-order valence-corrected chi connectivity index (χ3v) is 16.6. The summed E-state index contributed by atoms with van der Waals surface area (Å²) in [6, 6.07) is 0. The molecule has 0 heterocycles. The largest absolute Gasteiger partial charge is 0.417 e. The van der Waals surface area contributed by atoms with Crippen LogP contribution in [0.3, 0.4) is 0 Å². The summed E-state index contributed by atoms with van der Waals surface area (Å²) < 4.78 is 27.8. The predicted molar refractivity (Wildman–Crippen MR) is 212 cm³/mol. The van der Waals surface area contributed by atoms with E-state index in [1.807, 2.05) is 0 Å². The standard InChI is InChI=1S/C39H78O4Si4/c1-28(27-40-44(5,6)7)18-17-19-29(2)32-20-21-33-37-34(26-36(39(32,33)4)43-47(14,15)16)38(3)23-22-31(41-45(8,9)10)24-30(38)25-35(37)42-46(11,12)13/h25,28-29,31-37H,17-24,26-27H2,1-16H3/t28?,29-,31+,32-,33?,34?,35-,36+,37?,38+,39-/m1/s1. The van der Waals surface area contributed by atoms with E-state index in [0.29, 0.717) is 35.9 Å². The van der Waals surface area contributed by atoms with E-state index >= 15 is 0 Å². The summed E-state index contributed by atoms with van der Waals surface area (Å²) in [4.78, 5) is 0. The first-order valence-electron chi connectivity index (χ1n) is 19.7. The molecule has 0 N–H and O–H groups in total. The summed E-state index contributed by atoms with van der Waals surface area (Å²) in [5.74, 6) is 3.95. The minimum absolute atomic E-state index is 0.203. The molecule has 0 bridgehead atoms. The Bertz CT molecular complexity index is 1080. The molecule has 274 valence electrons. The lowest BCUT2D eigenvalue weighted by molar-refractivity contribution is -0.149. The van der Waals surface area contributed by atoms with Gasteiger partial charge in [-0.2, -0.15) is 0 Å². The van der Waals surface area contributed by atoms with Gasteiger partial charge in [0.25, 0.3) is 0 Å². The third-order valence-electron chi connectivity index (χ3n) is 12.6. The van der Waals surface area contributed by atoms with E-state index in [0.717, 1.165) is 24.9 Å². The molecule has 11 atom stereocenters. The Balaban J connectivity index is 1.64. The lowest BCUT2D eigenvalue weighted by Crippen LogP contribution is -2.62. The van der Waals surface area contributed by atoms with Crippen LogP contribution >= 0.6 is 0 Å². The first-order valence-corrected chi connectivity index (χ1v) is 33.3. The van der Waals surface area contributed by atoms with Gasteiger partial charge < -0.3 is 17.7 Å². The molecule has 0 saturated heterocycles. The Hall–Kier alpha value is 0.448. The van der Waals surface area contributed by atoms with Crippen molar-refractivity contribution in [3.05, 3.63) is 11.6 Å². The zero-order chi connectivity index (χ0) is 35.4. The van der Waals surface area contributed by atoms with Crippen molar-refractivity contribution in [2.24, 2.45) is 46.3 Å². The SMILES string of the molecule is CC(CCC[C@@H](C)[C@H]1CCC2C3C(C[C@H](O[Si](C)(C)C)[C@@]21C)[C@@]1(C)CC[C@H](O[Si](C)(C)C)CC1=C[C@H]3O[Si](C)(C)C)CO[Si](C)(C)C. The van der Waals surface area contributed by atoms with E-state index in [1.54, 1.807) is 5.57 Å². The van der Waals surface area contributed by atoms with Crippen molar-refractivity contribution in [2.45, 2.75) is 182 Å². The van der Waals surface area contributed by atoms with Gasteiger partial charge in [0.05, 0.1) is 12.2 Å². The Labute approximate surface area is 296 Å². The number of fused-ring (bicyclic) bond motifs is 5. The van der Waals surface area contributed by atoms with Crippen LogP contribution in [-0.4, -0.2) is 58.2 Å². The maximum atomic E-state index is 7.43. The summed E-state index contributed by atoms with van der Waals surface area (Å²) in [5, 5.41) is 0. The van der Waals surface area contributed by atoms with Gasteiger partial charge in [-0.05, 0) is 170 Å². The molecule has 4 unspecified atom stereocenters. The van der Waals surface area contributed by atoms with Crippen LogP contribution < -0.4 is 0 Å². The second-order valence-electron chi connectivity index (χ2n) is 21.1. The van der Waals surface area contributed by atoms with Gasteiger partial charge in [-0.3, -0.25) is 0 Å². The predicted octanol–water partition coefficient (Wildman–Crippen LogP) is 11.7. The van der Waals surface area contributed by atoms with Gasteiger partial charge in [0.2, 0.25) is 0 Å². The topological polar surface area (TPSA) is 36.9 Å². The fourth-order valence-electron chi connectivity index (χ4n) is 10.7. The maximum Gasteiger partial charge on any atom is 0.184 e. The highest BCUT2D eigenvalue weighted by atomic mass is 28.4. The number of hydrogen-bond acceptors (Lipinski definition) is 4. The average Bonchev–Trinajstić information content (AvgIpc) is 3.24.